The van der Waals surface area contributed by atoms with Crippen molar-refractivity contribution in [3.8, 4) is 0 Å². The van der Waals surface area contributed by atoms with Gasteiger partial charge in [0.05, 0.1) is 11.6 Å². The van der Waals surface area contributed by atoms with Crippen LogP contribution in [0, 0.1) is 5.82 Å². The van der Waals surface area contributed by atoms with Gasteiger partial charge >= 0.3 is 0 Å². The number of hydrogen-bond donors (Lipinski definition) is 0. The van der Waals surface area contributed by atoms with Gasteiger partial charge in [0.2, 0.25) is 0 Å². The summed E-state index contributed by atoms with van der Waals surface area (Å²) in [5, 5.41) is 0.102. The lowest BCUT2D eigenvalue weighted by Gasteiger charge is -2.01. The Morgan fingerprint density at radius 1 is 1.42 bits per heavy atom. The van der Waals surface area contributed by atoms with E-state index in [1.165, 1.54) is 12.1 Å². The van der Waals surface area contributed by atoms with Crippen molar-refractivity contribution in [1.29, 1.82) is 0 Å². The average molecular weight is 209 g/mol. The van der Waals surface area contributed by atoms with Gasteiger partial charge in [-0.15, -0.1) is 0 Å². The number of alkyl halides is 1. The molecule has 0 aliphatic heterocycles. The molecule has 66 valence electrons. The summed E-state index contributed by atoms with van der Waals surface area (Å²) in [7, 11) is 0. The lowest BCUT2D eigenvalue weighted by Crippen LogP contribution is -1.90. The highest BCUT2D eigenvalue weighted by molar-refractivity contribution is 6.30. The van der Waals surface area contributed by atoms with Gasteiger partial charge in [-0.2, -0.15) is 0 Å². The van der Waals surface area contributed by atoms with Gasteiger partial charge < -0.3 is 4.74 Å². The van der Waals surface area contributed by atoms with Crippen molar-refractivity contribution >= 4 is 23.2 Å². The maximum atomic E-state index is 12.6. The normalized spacial score (nSPS) is 10.2. The molecule has 1 aromatic rings. The van der Waals surface area contributed by atoms with Crippen molar-refractivity contribution in [2.24, 2.45) is 0 Å². The molecular formula is C8H7Cl2FO. The van der Waals surface area contributed by atoms with E-state index in [0.717, 1.165) is 5.56 Å². The SMILES string of the molecule is Fc1ccc(COCCl)cc1Cl. The van der Waals surface area contributed by atoms with Gasteiger partial charge in [0.15, 0.2) is 0 Å². The Morgan fingerprint density at radius 2 is 2.17 bits per heavy atom. The third-order valence-corrected chi connectivity index (χ3v) is 1.77. The van der Waals surface area contributed by atoms with Crippen LogP contribution in [0.25, 0.3) is 0 Å². The number of halogens is 3. The zero-order valence-electron chi connectivity index (χ0n) is 6.19. The summed E-state index contributed by atoms with van der Waals surface area (Å²) in [5.74, 6) is -0.425. The molecular weight excluding hydrogens is 202 g/mol. The second-order valence-corrected chi connectivity index (χ2v) is 2.83. The molecule has 0 fully saturated rings. The number of ether oxygens (including phenoxy) is 1. The van der Waals surface area contributed by atoms with E-state index in [4.69, 9.17) is 27.9 Å². The Labute approximate surface area is 80.0 Å². The Bertz CT molecular complexity index is 265. The van der Waals surface area contributed by atoms with Gasteiger partial charge in [-0.05, 0) is 17.7 Å². The van der Waals surface area contributed by atoms with Crippen LogP contribution in [-0.4, -0.2) is 6.07 Å². The first-order valence-electron chi connectivity index (χ1n) is 3.31. The summed E-state index contributed by atoms with van der Waals surface area (Å²) in [6.07, 6.45) is 0. The topological polar surface area (TPSA) is 9.23 Å². The van der Waals surface area contributed by atoms with Crippen LogP contribution in [0.5, 0.6) is 0 Å². The second-order valence-electron chi connectivity index (χ2n) is 2.21. The minimum Gasteiger partial charge on any atom is -0.361 e. The smallest absolute Gasteiger partial charge is 0.141 e. The molecule has 0 aromatic heterocycles. The molecule has 0 saturated heterocycles. The first kappa shape index (κ1) is 9.78. The molecule has 0 N–H and O–H groups in total. The van der Waals surface area contributed by atoms with Crippen molar-refractivity contribution in [2.45, 2.75) is 6.61 Å². The molecule has 0 radical (unpaired) electrons. The van der Waals surface area contributed by atoms with Gasteiger partial charge in [0.25, 0.3) is 0 Å². The summed E-state index contributed by atoms with van der Waals surface area (Å²) in [4.78, 5) is 0. The van der Waals surface area contributed by atoms with Crippen LogP contribution in [0.2, 0.25) is 5.02 Å². The molecule has 0 aliphatic carbocycles. The molecule has 0 heterocycles. The average Bonchev–Trinajstić information content (AvgIpc) is 2.07. The van der Waals surface area contributed by atoms with Crippen LogP contribution in [0.1, 0.15) is 5.56 Å². The maximum absolute atomic E-state index is 12.6. The number of benzene rings is 1. The molecule has 1 nitrogen and oxygen atoms in total. The van der Waals surface area contributed by atoms with Crippen LogP contribution < -0.4 is 0 Å². The van der Waals surface area contributed by atoms with Crippen LogP contribution in [0.4, 0.5) is 4.39 Å². The zero-order valence-corrected chi connectivity index (χ0v) is 7.70. The van der Waals surface area contributed by atoms with Gasteiger partial charge in [-0.3, -0.25) is 0 Å². The molecule has 0 aliphatic rings. The van der Waals surface area contributed by atoms with Crippen molar-refractivity contribution in [2.75, 3.05) is 6.07 Å². The summed E-state index contributed by atoms with van der Waals surface area (Å²) in [6, 6.07) is 4.54. The third-order valence-electron chi connectivity index (χ3n) is 1.33. The predicted molar refractivity (Wildman–Crippen MR) is 46.9 cm³/mol. The fourth-order valence-corrected chi connectivity index (χ4v) is 1.07. The van der Waals surface area contributed by atoms with E-state index in [1.54, 1.807) is 6.07 Å². The molecule has 1 aromatic carbocycles. The largest absolute Gasteiger partial charge is 0.361 e. The highest BCUT2D eigenvalue weighted by atomic mass is 35.5. The van der Waals surface area contributed by atoms with Crippen molar-refractivity contribution in [1.82, 2.24) is 0 Å². The van der Waals surface area contributed by atoms with Crippen molar-refractivity contribution in [3.63, 3.8) is 0 Å². The van der Waals surface area contributed by atoms with Crippen LogP contribution >= 0.6 is 23.2 Å². The van der Waals surface area contributed by atoms with Crippen LogP contribution in [0.15, 0.2) is 18.2 Å². The van der Waals surface area contributed by atoms with Crippen LogP contribution in [0.3, 0.4) is 0 Å². The van der Waals surface area contributed by atoms with Gasteiger partial charge in [-0.1, -0.05) is 29.3 Å². The summed E-state index contributed by atoms with van der Waals surface area (Å²) in [6.45, 7) is 0.351. The highest BCUT2D eigenvalue weighted by Gasteiger charge is 1.99. The van der Waals surface area contributed by atoms with Gasteiger partial charge in [0, 0.05) is 0 Å². The Balaban J connectivity index is 2.69. The Hall–Kier alpha value is -0.310. The molecule has 12 heavy (non-hydrogen) atoms. The molecule has 0 atom stereocenters. The van der Waals surface area contributed by atoms with E-state index < -0.39 is 5.82 Å². The molecule has 0 amide bonds. The maximum Gasteiger partial charge on any atom is 0.141 e. The molecule has 0 bridgehead atoms. The molecule has 0 unspecified atom stereocenters. The third kappa shape index (κ3) is 2.63. The fraction of sp³-hybridized carbons (Fsp3) is 0.250. The minimum atomic E-state index is -0.425. The van der Waals surface area contributed by atoms with E-state index in [1.807, 2.05) is 0 Å². The van der Waals surface area contributed by atoms with E-state index in [9.17, 15) is 4.39 Å². The molecule has 0 saturated carbocycles. The minimum absolute atomic E-state index is 0.102. The fourth-order valence-electron chi connectivity index (χ4n) is 0.786. The predicted octanol–water partition coefficient (Wildman–Crippen LogP) is 3.19. The van der Waals surface area contributed by atoms with E-state index in [2.05, 4.69) is 0 Å². The summed E-state index contributed by atoms with van der Waals surface area (Å²) in [5.41, 5.74) is 0.807. The molecule has 1 rings (SSSR count). The van der Waals surface area contributed by atoms with Crippen LogP contribution in [-0.2, 0) is 11.3 Å². The molecule has 0 spiro atoms. The first-order chi connectivity index (χ1) is 5.74. The monoisotopic (exact) mass is 208 g/mol. The Kier molecular flexibility index (Phi) is 3.79. The van der Waals surface area contributed by atoms with E-state index >= 15 is 0 Å². The van der Waals surface area contributed by atoms with Crippen molar-refractivity contribution in [3.05, 3.63) is 34.6 Å². The standard InChI is InChI=1S/C8H7Cl2FO/c9-5-12-4-6-1-2-8(11)7(10)3-6/h1-3H,4-5H2. The Morgan fingerprint density at radius 3 is 2.75 bits per heavy atom. The highest BCUT2D eigenvalue weighted by Crippen LogP contribution is 2.16. The summed E-state index contributed by atoms with van der Waals surface area (Å²) >= 11 is 10.8. The van der Waals surface area contributed by atoms with Crippen molar-refractivity contribution < 1.29 is 9.13 Å². The first-order valence-corrected chi connectivity index (χ1v) is 4.23. The van der Waals surface area contributed by atoms with E-state index in [0.29, 0.717) is 6.61 Å². The quantitative estimate of drug-likeness (QED) is 0.694. The zero-order chi connectivity index (χ0) is 8.97. The second kappa shape index (κ2) is 4.65. The number of rotatable bonds is 3. The lowest BCUT2D eigenvalue weighted by molar-refractivity contribution is 0.165. The number of hydrogen-bond acceptors (Lipinski definition) is 1. The van der Waals surface area contributed by atoms with Gasteiger partial charge in [0.1, 0.15) is 11.9 Å². The van der Waals surface area contributed by atoms with E-state index in [-0.39, 0.29) is 11.1 Å². The van der Waals surface area contributed by atoms with Gasteiger partial charge in [-0.25, -0.2) is 4.39 Å². The summed E-state index contributed by atoms with van der Waals surface area (Å²) < 4.78 is 17.5. The lowest BCUT2D eigenvalue weighted by atomic mass is 10.2. The molecule has 4 heteroatoms.